The molecular weight excluding hydrogens is 591 g/mol. The fourth-order valence-corrected chi connectivity index (χ4v) is 3.94. The van der Waals surface area contributed by atoms with Gasteiger partial charge in [0, 0.05) is 20.8 Å². The number of halogens is 1. The second-order valence-corrected chi connectivity index (χ2v) is 9.02. The standard InChI is InChI=1S/C27H25IN2O7/c28-19-15-16-22(31)21(17-19)25(37-27(34)29-26(33)18-9-3-1-4-10-18)23(13-7-8-14-24(32)30-35)36-20-11-5-2-6-12-20/h1-6,8-12,14-17,23,25,31,35H,7,13H2,(H,30,32)(H,29,33,34)/b14-8+/t23-,25-/m1/s1. The first-order chi connectivity index (χ1) is 17.9. The lowest BCUT2D eigenvalue weighted by atomic mass is 9.99. The molecule has 3 aromatic rings. The number of hydrogen-bond acceptors (Lipinski definition) is 7. The molecule has 0 aliphatic rings. The van der Waals surface area contributed by atoms with Gasteiger partial charge in [0.25, 0.3) is 11.8 Å². The van der Waals surface area contributed by atoms with E-state index in [0.29, 0.717) is 12.2 Å². The minimum Gasteiger partial charge on any atom is -0.508 e. The van der Waals surface area contributed by atoms with E-state index in [0.717, 1.165) is 9.65 Å². The zero-order valence-electron chi connectivity index (χ0n) is 19.5. The van der Waals surface area contributed by atoms with Crippen LogP contribution in [0.4, 0.5) is 4.79 Å². The fourth-order valence-electron chi connectivity index (χ4n) is 3.43. The monoisotopic (exact) mass is 616 g/mol. The summed E-state index contributed by atoms with van der Waals surface area (Å²) in [7, 11) is 0. The van der Waals surface area contributed by atoms with E-state index in [1.165, 1.54) is 17.6 Å². The van der Waals surface area contributed by atoms with Crippen LogP contribution in [0.2, 0.25) is 0 Å². The zero-order chi connectivity index (χ0) is 26.6. The van der Waals surface area contributed by atoms with E-state index >= 15 is 0 Å². The molecule has 0 fully saturated rings. The van der Waals surface area contributed by atoms with Crippen molar-refractivity contribution >= 4 is 40.5 Å². The maximum absolute atomic E-state index is 12.8. The Hall–Kier alpha value is -3.90. The molecule has 2 atom stereocenters. The average Bonchev–Trinajstić information content (AvgIpc) is 2.91. The Labute approximate surface area is 227 Å². The molecule has 3 aromatic carbocycles. The van der Waals surface area contributed by atoms with Crippen LogP contribution in [0.3, 0.4) is 0 Å². The van der Waals surface area contributed by atoms with E-state index in [1.54, 1.807) is 66.7 Å². The van der Waals surface area contributed by atoms with E-state index < -0.39 is 30.1 Å². The zero-order valence-corrected chi connectivity index (χ0v) is 21.7. The molecule has 0 radical (unpaired) electrons. The second-order valence-electron chi connectivity index (χ2n) is 7.77. The summed E-state index contributed by atoms with van der Waals surface area (Å²) in [5.74, 6) is -0.967. The third kappa shape index (κ3) is 8.62. The highest BCUT2D eigenvalue weighted by atomic mass is 127. The summed E-state index contributed by atoms with van der Waals surface area (Å²) >= 11 is 2.07. The van der Waals surface area contributed by atoms with Gasteiger partial charge in [-0.05, 0) is 77.9 Å². The Bertz CT molecular complexity index is 1240. The van der Waals surface area contributed by atoms with Gasteiger partial charge in [-0.3, -0.25) is 20.1 Å². The minimum atomic E-state index is -1.13. The number of amides is 3. The Balaban J connectivity index is 1.90. The molecule has 0 bridgehead atoms. The van der Waals surface area contributed by atoms with Crippen molar-refractivity contribution < 1.29 is 34.2 Å². The predicted molar refractivity (Wildman–Crippen MR) is 143 cm³/mol. The number of alkyl carbamates (subject to hydrolysis) is 1. The lowest BCUT2D eigenvalue weighted by Crippen LogP contribution is -2.36. The highest BCUT2D eigenvalue weighted by Crippen LogP contribution is 2.34. The number of benzene rings is 3. The first kappa shape index (κ1) is 27.7. The number of rotatable bonds is 10. The van der Waals surface area contributed by atoms with E-state index in [4.69, 9.17) is 14.7 Å². The number of nitrogens with one attached hydrogen (secondary N) is 2. The number of carbonyl (C=O) groups excluding carboxylic acids is 3. The molecule has 10 heteroatoms. The third-order valence-electron chi connectivity index (χ3n) is 5.15. The van der Waals surface area contributed by atoms with Gasteiger partial charge in [0.05, 0.1) is 0 Å². The molecule has 37 heavy (non-hydrogen) atoms. The first-order valence-electron chi connectivity index (χ1n) is 11.2. The summed E-state index contributed by atoms with van der Waals surface area (Å²) in [6.45, 7) is 0. The lowest BCUT2D eigenvalue weighted by Gasteiger charge is -2.28. The van der Waals surface area contributed by atoms with Crippen LogP contribution in [-0.2, 0) is 9.53 Å². The summed E-state index contributed by atoms with van der Waals surface area (Å²) < 4.78 is 12.6. The van der Waals surface area contributed by atoms with Crippen LogP contribution >= 0.6 is 22.6 Å². The lowest BCUT2D eigenvalue weighted by molar-refractivity contribution is -0.124. The first-order valence-corrected chi connectivity index (χ1v) is 12.3. The average molecular weight is 616 g/mol. The van der Waals surface area contributed by atoms with Crippen LogP contribution in [0.25, 0.3) is 0 Å². The highest BCUT2D eigenvalue weighted by molar-refractivity contribution is 14.1. The van der Waals surface area contributed by atoms with Crippen molar-refractivity contribution in [2.75, 3.05) is 0 Å². The Morgan fingerprint density at radius 1 is 0.973 bits per heavy atom. The Morgan fingerprint density at radius 2 is 1.65 bits per heavy atom. The van der Waals surface area contributed by atoms with Gasteiger partial charge in [0.15, 0.2) is 6.10 Å². The van der Waals surface area contributed by atoms with Gasteiger partial charge in [-0.15, -0.1) is 0 Å². The van der Waals surface area contributed by atoms with Gasteiger partial charge in [-0.25, -0.2) is 10.3 Å². The smallest absolute Gasteiger partial charge is 0.414 e. The van der Waals surface area contributed by atoms with Crippen LogP contribution in [0.15, 0.2) is 91.0 Å². The van der Waals surface area contributed by atoms with Gasteiger partial charge in [0.1, 0.15) is 17.6 Å². The summed E-state index contributed by atoms with van der Waals surface area (Å²) in [6.07, 6.45) is 0.263. The van der Waals surface area contributed by atoms with Crippen molar-refractivity contribution in [3.05, 3.63) is 106 Å². The summed E-state index contributed by atoms with van der Waals surface area (Å²) in [4.78, 5) is 36.7. The maximum atomic E-state index is 12.8. The molecule has 0 aliphatic carbocycles. The van der Waals surface area contributed by atoms with Crippen molar-refractivity contribution in [3.63, 3.8) is 0 Å². The maximum Gasteiger partial charge on any atom is 0.414 e. The van der Waals surface area contributed by atoms with Crippen molar-refractivity contribution in [1.82, 2.24) is 10.8 Å². The highest BCUT2D eigenvalue weighted by Gasteiger charge is 2.32. The molecule has 0 heterocycles. The molecule has 0 aliphatic heterocycles. The Kier molecular flexibility index (Phi) is 10.5. The van der Waals surface area contributed by atoms with E-state index in [2.05, 4.69) is 27.9 Å². The number of phenolic OH excluding ortho intramolecular Hbond substituents is 1. The van der Waals surface area contributed by atoms with E-state index in [1.807, 2.05) is 6.07 Å². The molecule has 9 nitrogen and oxygen atoms in total. The van der Waals surface area contributed by atoms with Crippen molar-refractivity contribution in [2.24, 2.45) is 0 Å². The van der Waals surface area contributed by atoms with Crippen molar-refractivity contribution in [1.29, 1.82) is 0 Å². The van der Waals surface area contributed by atoms with E-state index in [9.17, 15) is 19.5 Å². The molecular formula is C27H25IN2O7. The van der Waals surface area contributed by atoms with Crippen molar-refractivity contribution in [2.45, 2.75) is 25.0 Å². The molecule has 0 saturated carbocycles. The molecule has 0 spiro atoms. The number of para-hydroxylation sites is 1. The normalized spacial score (nSPS) is 12.4. The second kappa shape index (κ2) is 14.0. The van der Waals surface area contributed by atoms with Crippen LogP contribution in [0.5, 0.6) is 11.5 Å². The minimum absolute atomic E-state index is 0.121. The van der Waals surface area contributed by atoms with Gasteiger partial charge in [0.2, 0.25) is 0 Å². The summed E-state index contributed by atoms with van der Waals surface area (Å²) in [6, 6.07) is 21.9. The van der Waals surface area contributed by atoms with Crippen molar-refractivity contribution in [3.8, 4) is 11.5 Å². The number of allylic oxidation sites excluding steroid dienone is 1. The number of hydrogen-bond donors (Lipinski definition) is 4. The SMILES string of the molecule is O=C(/C=C/CC[C@@H](Oc1ccccc1)[C@H](OC(=O)NC(=O)c1ccccc1)c1cc(I)ccc1O)NO. The number of carbonyl (C=O) groups is 3. The number of ether oxygens (including phenoxy) is 2. The number of aromatic hydroxyl groups is 1. The third-order valence-corrected chi connectivity index (χ3v) is 5.82. The van der Waals surface area contributed by atoms with Crippen LogP contribution < -0.4 is 15.5 Å². The summed E-state index contributed by atoms with van der Waals surface area (Å²) in [5.41, 5.74) is 2.07. The molecule has 3 rings (SSSR count). The van der Waals surface area contributed by atoms with Crippen LogP contribution in [0.1, 0.15) is 34.9 Å². The number of hydroxylamine groups is 1. The predicted octanol–water partition coefficient (Wildman–Crippen LogP) is 4.89. The van der Waals surface area contributed by atoms with Gasteiger partial charge in [-0.1, -0.05) is 42.5 Å². The summed E-state index contributed by atoms with van der Waals surface area (Å²) in [5, 5.41) is 21.5. The number of phenols is 1. The van der Waals surface area contributed by atoms with Gasteiger partial charge in [-0.2, -0.15) is 0 Å². The molecule has 192 valence electrons. The van der Waals surface area contributed by atoms with E-state index in [-0.39, 0.29) is 23.3 Å². The molecule has 0 saturated heterocycles. The molecule has 4 N–H and O–H groups in total. The fraction of sp³-hybridized carbons (Fsp3) is 0.148. The largest absolute Gasteiger partial charge is 0.508 e. The topological polar surface area (TPSA) is 134 Å². The van der Waals surface area contributed by atoms with Gasteiger partial charge < -0.3 is 14.6 Å². The number of imide groups is 1. The molecule has 3 amide bonds. The molecule has 0 aromatic heterocycles. The quantitative estimate of drug-likeness (QED) is 0.110. The van der Waals surface area contributed by atoms with Crippen LogP contribution in [0, 0.1) is 3.57 Å². The van der Waals surface area contributed by atoms with Gasteiger partial charge >= 0.3 is 6.09 Å². The molecule has 0 unspecified atom stereocenters. The Morgan fingerprint density at radius 3 is 2.32 bits per heavy atom. The van der Waals surface area contributed by atoms with Crippen LogP contribution in [-0.4, -0.2) is 34.3 Å².